The average Bonchev–Trinajstić information content (AvgIpc) is 2.46. The number of nitrogens with zero attached hydrogens (tertiary/aromatic N) is 1. The normalized spacial score (nSPS) is 29.4. The minimum Gasteiger partial charge on any atom is -0.381 e. The molecule has 116 valence electrons. The first-order chi connectivity index (χ1) is 9.70. The van der Waals surface area contributed by atoms with Gasteiger partial charge in [0.25, 0.3) is 0 Å². The molecule has 1 amide bonds. The largest absolute Gasteiger partial charge is 0.381 e. The van der Waals surface area contributed by atoms with E-state index in [4.69, 9.17) is 15.2 Å². The second-order valence-electron chi connectivity index (χ2n) is 6.04. The summed E-state index contributed by atoms with van der Waals surface area (Å²) in [6, 6.07) is 0.337. The van der Waals surface area contributed by atoms with Gasteiger partial charge in [0, 0.05) is 39.3 Å². The third-order valence-corrected chi connectivity index (χ3v) is 4.65. The number of carbonyl (C=O) groups excluding carboxylic acids is 1. The van der Waals surface area contributed by atoms with Gasteiger partial charge < -0.3 is 15.2 Å². The van der Waals surface area contributed by atoms with Crippen LogP contribution in [0.3, 0.4) is 0 Å². The molecule has 2 rings (SSSR count). The van der Waals surface area contributed by atoms with E-state index >= 15 is 0 Å². The summed E-state index contributed by atoms with van der Waals surface area (Å²) in [5.41, 5.74) is 5.31. The number of ether oxygens (including phenoxy) is 2. The van der Waals surface area contributed by atoms with E-state index in [0.29, 0.717) is 12.5 Å². The first kappa shape index (κ1) is 15.7. The molecule has 20 heavy (non-hydrogen) atoms. The van der Waals surface area contributed by atoms with Crippen LogP contribution >= 0.6 is 0 Å². The molecule has 0 unspecified atom stereocenters. The van der Waals surface area contributed by atoms with Crippen molar-refractivity contribution in [2.75, 3.05) is 33.4 Å². The first-order valence-corrected chi connectivity index (χ1v) is 7.83. The number of likely N-dealkylation sites (tertiary alicyclic amines) is 1. The predicted molar refractivity (Wildman–Crippen MR) is 77.4 cm³/mol. The smallest absolute Gasteiger partial charge is 0.217 e. The van der Waals surface area contributed by atoms with Gasteiger partial charge >= 0.3 is 0 Å². The van der Waals surface area contributed by atoms with Gasteiger partial charge in [-0.2, -0.15) is 0 Å². The van der Waals surface area contributed by atoms with Crippen molar-refractivity contribution in [3.63, 3.8) is 0 Å². The van der Waals surface area contributed by atoms with E-state index in [2.05, 4.69) is 4.90 Å². The molecule has 2 heterocycles. The van der Waals surface area contributed by atoms with E-state index in [9.17, 15) is 4.79 Å². The van der Waals surface area contributed by atoms with Gasteiger partial charge in [0.2, 0.25) is 5.91 Å². The lowest BCUT2D eigenvalue weighted by atomic mass is 9.91. The molecule has 5 heteroatoms. The SMILES string of the molecule is CO[C@H]1CCCN(CC2CCOCC2)[C@H]1CCC(N)=O. The maximum absolute atomic E-state index is 11.1. The van der Waals surface area contributed by atoms with Crippen molar-refractivity contribution < 1.29 is 14.3 Å². The maximum atomic E-state index is 11.1. The van der Waals surface area contributed by atoms with Crippen molar-refractivity contribution in [3.8, 4) is 0 Å². The number of nitrogens with two attached hydrogens (primary N) is 1. The Morgan fingerprint density at radius 1 is 1.35 bits per heavy atom. The highest BCUT2D eigenvalue weighted by atomic mass is 16.5. The number of rotatable bonds is 6. The van der Waals surface area contributed by atoms with Crippen LogP contribution in [-0.2, 0) is 14.3 Å². The monoisotopic (exact) mass is 284 g/mol. The molecule has 0 aliphatic carbocycles. The quantitative estimate of drug-likeness (QED) is 0.795. The zero-order valence-corrected chi connectivity index (χ0v) is 12.6. The molecule has 2 saturated heterocycles. The van der Waals surface area contributed by atoms with E-state index in [1.54, 1.807) is 7.11 Å². The summed E-state index contributed by atoms with van der Waals surface area (Å²) in [6.07, 6.45) is 6.07. The molecule has 2 fully saturated rings. The molecule has 0 aromatic heterocycles. The average molecular weight is 284 g/mol. The number of hydrogen-bond donors (Lipinski definition) is 1. The van der Waals surface area contributed by atoms with E-state index in [-0.39, 0.29) is 12.0 Å². The number of piperidine rings is 1. The van der Waals surface area contributed by atoms with Crippen LogP contribution in [0.25, 0.3) is 0 Å². The van der Waals surface area contributed by atoms with Crippen molar-refractivity contribution in [3.05, 3.63) is 0 Å². The van der Waals surface area contributed by atoms with Crippen LogP contribution in [0.2, 0.25) is 0 Å². The Kier molecular flexibility index (Phi) is 6.26. The molecule has 2 atom stereocenters. The third-order valence-electron chi connectivity index (χ3n) is 4.65. The molecular formula is C15H28N2O3. The Balaban J connectivity index is 1.92. The predicted octanol–water partition coefficient (Wildman–Crippen LogP) is 1.16. The Morgan fingerprint density at radius 3 is 2.75 bits per heavy atom. The zero-order valence-electron chi connectivity index (χ0n) is 12.6. The molecule has 0 aromatic rings. The Labute approximate surface area is 121 Å². The number of primary amides is 1. The van der Waals surface area contributed by atoms with Crippen molar-refractivity contribution in [2.24, 2.45) is 11.7 Å². The molecule has 2 aliphatic rings. The lowest BCUT2D eigenvalue weighted by Crippen LogP contribution is -2.51. The lowest BCUT2D eigenvalue weighted by molar-refractivity contribution is -0.119. The van der Waals surface area contributed by atoms with Crippen LogP contribution in [0.1, 0.15) is 38.5 Å². The van der Waals surface area contributed by atoms with Crippen LogP contribution in [0, 0.1) is 5.92 Å². The van der Waals surface area contributed by atoms with E-state index in [1.165, 1.54) is 6.42 Å². The lowest BCUT2D eigenvalue weighted by Gasteiger charge is -2.42. The van der Waals surface area contributed by atoms with Gasteiger partial charge in [0.1, 0.15) is 0 Å². The van der Waals surface area contributed by atoms with Crippen molar-refractivity contribution >= 4 is 5.91 Å². The summed E-state index contributed by atoms with van der Waals surface area (Å²) in [5.74, 6) is 0.506. The fourth-order valence-corrected chi connectivity index (χ4v) is 3.51. The molecule has 2 aliphatic heterocycles. The second-order valence-corrected chi connectivity index (χ2v) is 6.04. The molecule has 0 radical (unpaired) electrons. The highest BCUT2D eigenvalue weighted by molar-refractivity contribution is 5.73. The Hall–Kier alpha value is -0.650. The fraction of sp³-hybridized carbons (Fsp3) is 0.933. The van der Waals surface area contributed by atoms with E-state index in [0.717, 1.165) is 57.9 Å². The maximum Gasteiger partial charge on any atom is 0.217 e. The second kappa shape index (κ2) is 7.96. The van der Waals surface area contributed by atoms with Crippen molar-refractivity contribution in [2.45, 2.75) is 50.7 Å². The Bertz CT molecular complexity index is 305. The van der Waals surface area contributed by atoms with Crippen molar-refractivity contribution in [1.82, 2.24) is 4.90 Å². The van der Waals surface area contributed by atoms with Gasteiger partial charge in [-0.05, 0) is 44.6 Å². The summed E-state index contributed by atoms with van der Waals surface area (Å²) in [5, 5.41) is 0. The molecule has 0 spiro atoms. The van der Waals surface area contributed by atoms with Crippen LogP contribution in [-0.4, -0.2) is 56.4 Å². The van der Waals surface area contributed by atoms with Crippen LogP contribution in [0.4, 0.5) is 0 Å². The molecule has 0 saturated carbocycles. The molecule has 0 bridgehead atoms. The summed E-state index contributed by atoms with van der Waals surface area (Å²) in [7, 11) is 1.78. The zero-order chi connectivity index (χ0) is 14.4. The number of carbonyl (C=O) groups is 1. The summed E-state index contributed by atoms with van der Waals surface area (Å²) < 4.78 is 11.1. The van der Waals surface area contributed by atoms with E-state index in [1.807, 2.05) is 0 Å². The van der Waals surface area contributed by atoms with Gasteiger partial charge in [-0.1, -0.05) is 0 Å². The van der Waals surface area contributed by atoms with Gasteiger partial charge in [-0.15, -0.1) is 0 Å². The number of amides is 1. The number of methoxy groups -OCH3 is 1. The van der Waals surface area contributed by atoms with Crippen LogP contribution in [0.15, 0.2) is 0 Å². The van der Waals surface area contributed by atoms with Gasteiger partial charge in [-0.3, -0.25) is 9.69 Å². The van der Waals surface area contributed by atoms with Gasteiger partial charge in [0.05, 0.1) is 6.10 Å². The highest BCUT2D eigenvalue weighted by Crippen LogP contribution is 2.26. The van der Waals surface area contributed by atoms with Crippen LogP contribution in [0.5, 0.6) is 0 Å². The minimum atomic E-state index is -0.212. The molecular weight excluding hydrogens is 256 g/mol. The number of hydrogen-bond acceptors (Lipinski definition) is 4. The first-order valence-electron chi connectivity index (χ1n) is 7.83. The van der Waals surface area contributed by atoms with Gasteiger partial charge in [-0.25, -0.2) is 0 Å². The van der Waals surface area contributed by atoms with Crippen molar-refractivity contribution in [1.29, 1.82) is 0 Å². The van der Waals surface area contributed by atoms with Crippen LogP contribution < -0.4 is 5.73 Å². The standard InChI is InChI=1S/C15H28N2O3/c1-19-14-3-2-8-17(13(14)4-5-15(16)18)11-12-6-9-20-10-7-12/h12-14H,2-11H2,1H3,(H2,16,18)/t13-,14-/m0/s1. The molecule has 2 N–H and O–H groups in total. The summed E-state index contributed by atoms with van der Waals surface area (Å²) >= 11 is 0. The highest BCUT2D eigenvalue weighted by Gasteiger charge is 2.32. The molecule has 5 nitrogen and oxygen atoms in total. The van der Waals surface area contributed by atoms with E-state index < -0.39 is 0 Å². The van der Waals surface area contributed by atoms with Gasteiger partial charge in [0.15, 0.2) is 0 Å². The summed E-state index contributed by atoms with van der Waals surface area (Å²) in [6.45, 7) is 3.99. The summed E-state index contributed by atoms with van der Waals surface area (Å²) in [4.78, 5) is 13.6. The minimum absolute atomic E-state index is 0.212. The topological polar surface area (TPSA) is 64.8 Å². The third kappa shape index (κ3) is 4.43. The fourth-order valence-electron chi connectivity index (χ4n) is 3.51. The molecule has 0 aromatic carbocycles. The Morgan fingerprint density at radius 2 is 2.10 bits per heavy atom.